The minimum Gasteiger partial charge on any atom is -0.378 e. The lowest BCUT2D eigenvalue weighted by molar-refractivity contribution is -0.384. The average Bonchev–Trinajstić information content (AvgIpc) is 3.24. The molecule has 2 heterocycles. The van der Waals surface area contributed by atoms with Gasteiger partial charge in [-0.25, -0.2) is 0 Å². The number of carbonyl (C=O) groups excluding carboxylic acids is 1. The molecule has 1 aromatic heterocycles. The van der Waals surface area contributed by atoms with Crippen LogP contribution < -0.4 is 10.2 Å². The summed E-state index contributed by atoms with van der Waals surface area (Å²) in [7, 11) is 0. The fraction of sp³-hybridized carbons (Fsp3) is 0.286. The first-order valence-electron chi connectivity index (χ1n) is 10.0. The van der Waals surface area contributed by atoms with Crippen molar-refractivity contribution in [2.24, 2.45) is 0 Å². The van der Waals surface area contributed by atoms with Gasteiger partial charge in [0.1, 0.15) is 0 Å². The number of aryl methyl sites for hydroxylation is 1. The maximum absolute atomic E-state index is 12.6. The number of nitrogens with zero attached hydrogens (tertiary/aromatic N) is 5. The van der Waals surface area contributed by atoms with Gasteiger partial charge in [0, 0.05) is 30.9 Å². The summed E-state index contributed by atoms with van der Waals surface area (Å²) < 4.78 is 7.39. The van der Waals surface area contributed by atoms with E-state index in [4.69, 9.17) is 4.74 Å². The van der Waals surface area contributed by atoms with Crippen LogP contribution >= 0.6 is 11.8 Å². The van der Waals surface area contributed by atoms with E-state index in [1.165, 1.54) is 23.9 Å². The number of non-ortho nitro benzene ring substituents is 1. The molecular weight excluding hydrogens is 432 g/mol. The number of nitrogens with one attached hydrogen (secondary N) is 1. The Morgan fingerprint density at radius 2 is 1.94 bits per heavy atom. The molecule has 0 unspecified atom stereocenters. The third-order valence-electron chi connectivity index (χ3n) is 4.95. The largest absolute Gasteiger partial charge is 0.378 e. The molecule has 3 aromatic rings. The van der Waals surface area contributed by atoms with E-state index in [9.17, 15) is 14.9 Å². The van der Waals surface area contributed by atoms with Crippen molar-refractivity contribution < 1.29 is 14.5 Å². The van der Waals surface area contributed by atoms with E-state index in [0.717, 1.165) is 18.8 Å². The molecule has 1 N–H and O–H groups in total. The molecule has 1 amide bonds. The van der Waals surface area contributed by atoms with Crippen molar-refractivity contribution in [3.05, 3.63) is 64.2 Å². The molecule has 166 valence electrons. The molecule has 11 heteroatoms. The lowest BCUT2D eigenvalue weighted by atomic mass is 10.2. The van der Waals surface area contributed by atoms with Gasteiger partial charge < -0.3 is 15.0 Å². The van der Waals surface area contributed by atoms with E-state index in [-0.39, 0.29) is 17.3 Å². The zero-order chi connectivity index (χ0) is 22.5. The number of hydrogen-bond acceptors (Lipinski definition) is 8. The van der Waals surface area contributed by atoms with Gasteiger partial charge in [0.25, 0.3) is 5.69 Å². The fourth-order valence-corrected chi connectivity index (χ4v) is 4.09. The second-order valence-electron chi connectivity index (χ2n) is 7.15. The molecule has 4 rings (SSSR count). The molecule has 0 aliphatic carbocycles. The van der Waals surface area contributed by atoms with Crippen molar-refractivity contribution in [1.82, 2.24) is 14.8 Å². The molecule has 1 saturated heterocycles. The number of thioether (sulfide) groups is 1. The molecule has 0 bridgehead atoms. The van der Waals surface area contributed by atoms with Crippen LogP contribution in [0.2, 0.25) is 0 Å². The Bertz CT molecular complexity index is 1110. The third-order valence-corrected chi connectivity index (χ3v) is 5.88. The van der Waals surface area contributed by atoms with Gasteiger partial charge in [0.2, 0.25) is 11.9 Å². The minimum absolute atomic E-state index is 0.0125. The summed E-state index contributed by atoms with van der Waals surface area (Å²) in [5.41, 5.74) is 2.06. The normalized spacial score (nSPS) is 13.7. The molecule has 1 aliphatic rings. The first-order valence-corrected chi connectivity index (χ1v) is 11.0. The van der Waals surface area contributed by atoms with E-state index in [0.29, 0.717) is 35.6 Å². The number of carbonyl (C=O) groups is 1. The highest BCUT2D eigenvalue weighted by molar-refractivity contribution is 7.99. The number of ether oxygens (including phenoxy) is 1. The van der Waals surface area contributed by atoms with Crippen molar-refractivity contribution in [2.45, 2.75) is 12.1 Å². The number of aromatic nitrogens is 3. The number of anilines is 2. The van der Waals surface area contributed by atoms with Crippen molar-refractivity contribution in [2.75, 3.05) is 42.3 Å². The molecular formula is C21H22N6O4S. The van der Waals surface area contributed by atoms with Crippen LogP contribution in [-0.4, -0.2) is 57.7 Å². The average molecular weight is 455 g/mol. The Labute approximate surface area is 188 Å². The first-order chi connectivity index (χ1) is 15.5. The van der Waals surface area contributed by atoms with Crippen LogP contribution in [0.5, 0.6) is 0 Å². The lowest BCUT2D eigenvalue weighted by Gasteiger charge is -2.27. The molecule has 0 spiro atoms. The van der Waals surface area contributed by atoms with Gasteiger partial charge in [0.15, 0.2) is 5.16 Å². The molecule has 0 saturated carbocycles. The maximum atomic E-state index is 12.6. The topological polar surface area (TPSA) is 115 Å². The predicted octanol–water partition coefficient (Wildman–Crippen LogP) is 3.05. The number of para-hydroxylation sites is 1. The predicted molar refractivity (Wildman–Crippen MR) is 122 cm³/mol. The standard InChI is InChI=1S/C21H22N6O4S/c1-15-13-17(27(29)30)7-8-18(15)22-19(28)14-32-21-24-23-20(25-9-11-31-12-10-25)26(21)16-5-3-2-4-6-16/h2-8,13H,9-12,14H2,1H3,(H,22,28). The highest BCUT2D eigenvalue weighted by Gasteiger charge is 2.22. The van der Waals surface area contributed by atoms with Crippen LogP contribution in [0.1, 0.15) is 5.56 Å². The van der Waals surface area contributed by atoms with E-state index in [1.807, 2.05) is 34.9 Å². The van der Waals surface area contributed by atoms with Gasteiger partial charge in [-0.15, -0.1) is 10.2 Å². The van der Waals surface area contributed by atoms with Gasteiger partial charge in [-0.1, -0.05) is 30.0 Å². The van der Waals surface area contributed by atoms with Gasteiger partial charge in [-0.2, -0.15) is 0 Å². The van der Waals surface area contributed by atoms with Gasteiger partial charge >= 0.3 is 0 Å². The summed E-state index contributed by atoms with van der Waals surface area (Å²) in [6.07, 6.45) is 0. The highest BCUT2D eigenvalue weighted by atomic mass is 32.2. The zero-order valence-corrected chi connectivity index (χ0v) is 18.2. The van der Waals surface area contributed by atoms with Gasteiger partial charge in [-0.3, -0.25) is 19.5 Å². The van der Waals surface area contributed by atoms with Crippen LogP contribution in [0.4, 0.5) is 17.3 Å². The number of rotatable bonds is 7. The van der Waals surface area contributed by atoms with E-state index in [1.54, 1.807) is 13.0 Å². The summed E-state index contributed by atoms with van der Waals surface area (Å²) in [4.78, 5) is 25.1. The second-order valence-corrected chi connectivity index (χ2v) is 8.09. The minimum atomic E-state index is -0.461. The molecule has 0 radical (unpaired) electrons. The molecule has 10 nitrogen and oxygen atoms in total. The van der Waals surface area contributed by atoms with Crippen LogP contribution in [0, 0.1) is 17.0 Å². The Morgan fingerprint density at radius 1 is 1.19 bits per heavy atom. The van der Waals surface area contributed by atoms with E-state index in [2.05, 4.69) is 20.4 Å². The van der Waals surface area contributed by atoms with Crippen LogP contribution in [-0.2, 0) is 9.53 Å². The summed E-state index contributed by atoms with van der Waals surface area (Å²) in [5.74, 6) is 0.598. The zero-order valence-electron chi connectivity index (χ0n) is 17.4. The number of nitro benzene ring substituents is 1. The summed E-state index contributed by atoms with van der Waals surface area (Å²) in [6.45, 7) is 4.41. The molecule has 1 aliphatic heterocycles. The summed E-state index contributed by atoms with van der Waals surface area (Å²) >= 11 is 1.28. The Morgan fingerprint density at radius 3 is 2.62 bits per heavy atom. The molecule has 0 atom stereocenters. The fourth-order valence-electron chi connectivity index (χ4n) is 3.34. The first kappa shape index (κ1) is 21.8. The Hall–Kier alpha value is -3.44. The van der Waals surface area contributed by atoms with Crippen LogP contribution in [0.25, 0.3) is 5.69 Å². The lowest BCUT2D eigenvalue weighted by Crippen LogP contribution is -2.37. The quantitative estimate of drug-likeness (QED) is 0.329. The Balaban J connectivity index is 1.50. The summed E-state index contributed by atoms with van der Waals surface area (Å²) in [5, 5.41) is 23.0. The van der Waals surface area contributed by atoms with Crippen molar-refractivity contribution in [3.63, 3.8) is 0 Å². The monoisotopic (exact) mass is 454 g/mol. The van der Waals surface area contributed by atoms with E-state index < -0.39 is 4.92 Å². The highest BCUT2D eigenvalue weighted by Crippen LogP contribution is 2.27. The van der Waals surface area contributed by atoms with Gasteiger partial charge in [-0.05, 0) is 30.7 Å². The molecule has 1 fully saturated rings. The maximum Gasteiger partial charge on any atom is 0.269 e. The van der Waals surface area contributed by atoms with Gasteiger partial charge in [0.05, 0.1) is 29.6 Å². The number of amides is 1. The number of nitro groups is 1. The van der Waals surface area contributed by atoms with Crippen molar-refractivity contribution in [1.29, 1.82) is 0 Å². The molecule has 32 heavy (non-hydrogen) atoms. The SMILES string of the molecule is Cc1cc([N+](=O)[O-])ccc1NC(=O)CSc1nnc(N2CCOCC2)n1-c1ccccc1. The van der Waals surface area contributed by atoms with Crippen molar-refractivity contribution >= 4 is 35.0 Å². The van der Waals surface area contributed by atoms with Crippen molar-refractivity contribution in [3.8, 4) is 5.69 Å². The van der Waals surface area contributed by atoms with Crippen LogP contribution in [0.3, 0.4) is 0 Å². The smallest absolute Gasteiger partial charge is 0.269 e. The summed E-state index contributed by atoms with van der Waals surface area (Å²) in [6, 6.07) is 14.1. The Kier molecular flexibility index (Phi) is 6.66. The third kappa shape index (κ3) is 4.89. The number of benzene rings is 2. The van der Waals surface area contributed by atoms with E-state index >= 15 is 0 Å². The number of hydrogen-bond donors (Lipinski definition) is 1. The molecule has 2 aromatic carbocycles. The second kappa shape index (κ2) is 9.79. The van der Waals surface area contributed by atoms with Crippen LogP contribution in [0.15, 0.2) is 53.7 Å². The number of morpholine rings is 1.